The van der Waals surface area contributed by atoms with Gasteiger partial charge in [0.1, 0.15) is 0 Å². The zero-order valence-corrected chi connectivity index (χ0v) is 11.1. The van der Waals surface area contributed by atoms with Crippen LogP contribution >= 0.6 is 11.6 Å². The van der Waals surface area contributed by atoms with Crippen LogP contribution in [-0.2, 0) is 4.74 Å². The second-order valence-electron chi connectivity index (χ2n) is 5.19. The molecule has 0 N–H and O–H groups in total. The van der Waals surface area contributed by atoms with E-state index in [0.29, 0.717) is 11.1 Å². The molecule has 1 aromatic heterocycles. The molecule has 1 aliphatic heterocycles. The first-order chi connectivity index (χ1) is 8.81. The Balaban J connectivity index is 1.56. The van der Waals surface area contributed by atoms with Crippen molar-refractivity contribution in [1.29, 1.82) is 0 Å². The van der Waals surface area contributed by atoms with E-state index in [1.165, 1.54) is 12.8 Å². The van der Waals surface area contributed by atoms with Crippen molar-refractivity contribution in [2.45, 2.75) is 31.8 Å². The Morgan fingerprint density at radius 1 is 1.28 bits per heavy atom. The van der Waals surface area contributed by atoms with Crippen LogP contribution in [0.15, 0.2) is 12.4 Å². The van der Waals surface area contributed by atoms with Crippen LogP contribution < -0.4 is 4.90 Å². The van der Waals surface area contributed by atoms with E-state index in [9.17, 15) is 0 Å². The maximum Gasteiger partial charge on any atom is 0.225 e. The van der Waals surface area contributed by atoms with Gasteiger partial charge in [0.05, 0.1) is 23.5 Å². The second kappa shape index (κ2) is 5.41. The van der Waals surface area contributed by atoms with Crippen molar-refractivity contribution in [2.75, 3.05) is 24.6 Å². The molecule has 1 atom stereocenters. The van der Waals surface area contributed by atoms with Gasteiger partial charge in [0.15, 0.2) is 0 Å². The first kappa shape index (κ1) is 12.2. The highest BCUT2D eigenvalue weighted by atomic mass is 35.5. The minimum Gasteiger partial charge on any atom is -0.376 e. The van der Waals surface area contributed by atoms with Crippen LogP contribution in [0.2, 0.25) is 5.02 Å². The third kappa shape index (κ3) is 3.12. The van der Waals surface area contributed by atoms with Gasteiger partial charge >= 0.3 is 0 Å². The maximum atomic E-state index is 5.96. The Morgan fingerprint density at radius 2 is 2.06 bits per heavy atom. The van der Waals surface area contributed by atoms with E-state index in [-0.39, 0.29) is 0 Å². The molecule has 0 bridgehead atoms. The Morgan fingerprint density at radius 3 is 2.78 bits per heavy atom. The van der Waals surface area contributed by atoms with E-state index < -0.39 is 0 Å². The molecule has 1 aliphatic carbocycles. The van der Waals surface area contributed by atoms with Crippen LogP contribution in [0, 0.1) is 5.92 Å². The van der Waals surface area contributed by atoms with Crippen LogP contribution in [0.1, 0.15) is 25.7 Å². The van der Waals surface area contributed by atoms with Gasteiger partial charge in [-0.2, -0.15) is 0 Å². The van der Waals surface area contributed by atoms with Crippen molar-refractivity contribution in [3.63, 3.8) is 0 Å². The predicted octanol–water partition coefficient (Wildman–Crippen LogP) is 2.53. The molecule has 5 heteroatoms. The molecule has 18 heavy (non-hydrogen) atoms. The zero-order valence-electron chi connectivity index (χ0n) is 10.4. The Hall–Kier alpha value is -0.870. The number of ether oxygens (including phenoxy) is 1. The van der Waals surface area contributed by atoms with Crippen molar-refractivity contribution >= 4 is 17.5 Å². The summed E-state index contributed by atoms with van der Waals surface area (Å²) >= 11 is 5.80. The van der Waals surface area contributed by atoms with Gasteiger partial charge in [-0.15, -0.1) is 0 Å². The van der Waals surface area contributed by atoms with Crippen molar-refractivity contribution in [1.82, 2.24) is 9.97 Å². The molecule has 2 heterocycles. The highest BCUT2D eigenvalue weighted by molar-refractivity contribution is 6.30. The van der Waals surface area contributed by atoms with Crippen molar-refractivity contribution < 1.29 is 4.74 Å². The third-order valence-electron chi connectivity index (χ3n) is 3.53. The lowest BCUT2D eigenvalue weighted by molar-refractivity contribution is 0.0366. The van der Waals surface area contributed by atoms with Gasteiger partial charge in [0, 0.05) is 19.7 Å². The summed E-state index contributed by atoms with van der Waals surface area (Å²) in [4.78, 5) is 10.7. The molecule has 1 saturated heterocycles. The summed E-state index contributed by atoms with van der Waals surface area (Å²) < 4.78 is 5.96. The van der Waals surface area contributed by atoms with Gasteiger partial charge in [-0.25, -0.2) is 9.97 Å². The molecule has 4 nitrogen and oxygen atoms in total. The van der Waals surface area contributed by atoms with E-state index in [1.54, 1.807) is 12.4 Å². The molecule has 2 aliphatic rings. The number of anilines is 1. The number of aromatic nitrogens is 2. The molecule has 0 radical (unpaired) electrons. The van der Waals surface area contributed by atoms with Crippen LogP contribution in [0.3, 0.4) is 0 Å². The average molecular weight is 268 g/mol. The largest absolute Gasteiger partial charge is 0.376 e. The van der Waals surface area contributed by atoms with Gasteiger partial charge in [-0.1, -0.05) is 11.6 Å². The van der Waals surface area contributed by atoms with E-state index in [0.717, 1.165) is 44.4 Å². The first-order valence-electron chi connectivity index (χ1n) is 6.65. The molecule has 3 rings (SSSR count). The Labute approximate surface area is 112 Å². The van der Waals surface area contributed by atoms with Crippen LogP contribution in [0.25, 0.3) is 0 Å². The highest BCUT2D eigenvalue weighted by Crippen LogP contribution is 2.30. The molecule has 98 valence electrons. The Kier molecular flexibility index (Phi) is 3.66. The number of halogens is 1. The lowest BCUT2D eigenvalue weighted by Crippen LogP contribution is -2.40. The molecule has 2 fully saturated rings. The molecular weight excluding hydrogens is 250 g/mol. The van der Waals surface area contributed by atoms with E-state index in [4.69, 9.17) is 16.3 Å². The first-order valence-corrected chi connectivity index (χ1v) is 7.03. The van der Waals surface area contributed by atoms with E-state index >= 15 is 0 Å². The predicted molar refractivity (Wildman–Crippen MR) is 71.0 cm³/mol. The van der Waals surface area contributed by atoms with Gasteiger partial charge in [-0.3, -0.25) is 0 Å². The number of piperidine rings is 1. The van der Waals surface area contributed by atoms with Crippen LogP contribution in [0.4, 0.5) is 5.95 Å². The minimum absolute atomic E-state index is 0.332. The summed E-state index contributed by atoms with van der Waals surface area (Å²) in [5.74, 6) is 1.59. The summed E-state index contributed by atoms with van der Waals surface area (Å²) in [5, 5.41) is 0.581. The number of nitrogens with zero attached hydrogens (tertiary/aromatic N) is 3. The average Bonchev–Trinajstić information content (AvgIpc) is 3.22. The molecule has 0 aromatic carbocycles. The van der Waals surface area contributed by atoms with Crippen molar-refractivity contribution in [3.05, 3.63) is 17.4 Å². The fraction of sp³-hybridized carbons (Fsp3) is 0.692. The third-order valence-corrected chi connectivity index (χ3v) is 3.73. The van der Waals surface area contributed by atoms with Crippen molar-refractivity contribution in [3.8, 4) is 0 Å². The van der Waals surface area contributed by atoms with Gasteiger partial charge in [-0.05, 0) is 31.6 Å². The summed E-state index contributed by atoms with van der Waals surface area (Å²) in [5.41, 5.74) is 0. The SMILES string of the molecule is Clc1cnc(N2CCC[C@H](OCC3CC3)C2)nc1. The second-order valence-corrected chi connectivity index (χ2v) is 5.62. The monoisotopic (exact) mass is 267 g/mol. The standard InChI is InChI=1S/C13H18ClN3O/c14-11-6-15-13(16-7-11)17-5-1-2-12(8-17)18-9-10-3-4-10/h6-7,10,12H,1-5,8-9H2/t12-/m0/s1. The molecule has 0 amide bonds. The fourth-order valence-corrected chi connectivity index (χ4v) is 2.38. The van der Waals surface area contributed by atoms with E-state index in [2.05, 4.69) is 14.9 Å². The summed E-state index contributed by atoms with van der Waals surface area (Å²) in [7, 11) is 0. The summed E-state index contributed by atoms with van der Waals surface area (Å²) in [6.45, 7) is 2.83. The highest BCUT2D eigenvalue weighted by Gasteiger charge is 2.26. The van der Waals surface area contributed by atoms with Crippen LogP contribution in [0.5, 0.6) is 0 Å². The summed E-state index contributed by atoms with van der Waals surface area (Å²) in [6.07, 6.45) is 8.61. The molecule has 0 spiro atoms. The van der Waals surface area contributed by atoms with Crippen molar-refractivity contribution in [2.24, 2.45) is 5.92 Å². The fourth-order valence-electron chi connectivity index (χ4n) is 2.28. The lowest BCUT2D eigenvalue weighted by Gasteiger charge is -2.32. The maximum absolute atomic E-state index is 5.96. The number of hydrogen-bond acceptors (Lipinski definition) is 4. The van der Waals surface area contributed by atoms with Gasteiger partial charge < -0.3 is 9.64 Å². The van der Waals surface area contributed by atoms with E-state index in [1.807, 2.05) is 0 Å². The zero-order chi connectivity index (χ0) is 12.4. The summed E-state index contributed by atoms with van der Waals surface area (Å²) in [6, 6.07) is 0. The molecule has 0 unspecified atom stereocenters. The van der Waals surface area contributed by atoms with Gasteiger partial charge in [0.25, 0.3) is 0 Å². The minimum atomic E-state index is 0.332. The van der Waals surface area contributed by atoms with Gasteiger partial charge in [0.2, 0.25) is 5.95 Å². The number of rotatable bonds is 4. The molecular formula is C13H18ClN3O. The Bertz CT molecular complexity index is 394. The topological polar surface area (TPSA) is 38.2 Å². The van der Waals surface area contributed by atoms with Crippen LogP contribution in [-0.4, -0.2) is 35.8 Å². The normalized spacial score (nSPS) is 24.3. The quantitative estimate of drug-likeness (QED) is 0.840. The molecule has 1 saturated carbocycles. The molecule has 1 aromatic rings. The number of hydrogen-bond donors (Lipinski definition) is 0. The lowest BCUT2D eigenvalue weighted by atomic mass is 10.1. The smallest absolute Gasteiger partial charge is 0.225 e.